The van der Waals surface area contributed by atoms with Crippen LogP contribution in [0.3, 0.4) is 0 Å². The highest BCUT2D eigenvalue weighted by atomic mass is 35.5. The summed E-state index contributed by atoms with van der Waals surface area (Å²) in [6, 6.07) is 5.87. The van der Waals surface area contributed by atoms with Gasteiger partial charge in [0.15, 0.2) is 0 Å². The predicted octanol–water partition coefficient (Wildman–Crippen LogP) is 5.37. The molecule has 0 spiro atoms. The lowest BCUT2D eigenvalue weighted by molar-refractivity contribution is -0.274. The number of amides is 1. The fourth-order valence-electron chi connectivity index (χ4n) is 4.37. The highest BCUT2D eigenvalue weighted by Gasteiger charge is 2.36. The molecule has 1 aliphatic carbocycles. The largest absolute Gasteiger partial charge is 0.573 e. The van der Waals surface area contributed by atoms with E-state index in [1.165, 1.54) is 19.2 Å². The Labute approximate surface area is 204 Å². The molecule has 2 N–H and O–H groups in total. The van der Waals surface area contributed by atoms with Crippen LogP contribution in [0.2, 0.25) is 5.02 Å². The minimum atomic E-state index is -4.88. The monoisotopic (exact) mass is 516 g/mol. The molecular weight excluding hydrogens is 492 g/mol. The first-order valence-electron chi connectivity index (χ1n) is 11.2. The lowest BCUT2D eigenvalue weighted by Gasteiger charge is -2.29. The molecule has 4 rings (SSSR count). The Kier molecular flexibility index (Phi) is 7.44. The summed E-state index contributed by atoms with van der Waals surface area (Å²) in [6.07, 6.45) is -2.36. The van der Waals surface area contributed by atoms with E-state index in [1.54, 1.807) is 11.0 Å². The van der Waals surface area contributed by atoms with Crippen molar-refractivity contribution in [2.24, 2.45) is 5.73 Å². The molecule has 1 amide bonds. The van der Waals surface area contributed by atoms with Gasteiger partial charge in [-0.25, -0.2) is 4.39 Å². The molecule has 1 aliphatic heterocycles. The van der Waals surface area contributed by atoms with E-state index in [2.05, 4.69) is 4.74 Å². The number of methoxy groups -OCH3 is 1. The van der Waals surface area contributed by atoms with Gasteiger partial charge in [-0.05, 0) is 67.0 Å². The Morgan fingerprint density at radius 1 is 1.17 bits per heavy atom. The van der Waals surface area contributed by atoms with Crippen LogP contribution in [-0.2, 0) is 11.3 Å². The number of hydrogen-bond acceptors (Lipinski definition) is 5. The second-order valence-corrected chi connectivity index (χ2v) is 9.11. The molecule has 2 fully saturated rings. The number of carbonyl (C=O) groups is 1. The van der Waals surface area contributed by atoms with Gasteiger partial charge < -0.3 is 24.8 Å². The van der Waals surface area contributed by atoms with Crippen LogP contribution >= 0.6 is 11.6 Å². The topological polar surface area (TPSA) is 74.0 Å². The number of benzene rings is 2. The molecule has 11 heteroatoms. The van der Waals surface area contributed by atoms with Gasteiger partial charge in [0.25, 0.3) is 5.91 Å². The average Bonchev–Trinajstić information content (AvgIpc) is 3.50. The number of ether oxygens (including phenoxy) is 3. The average molecular weight is 517 g/mol. The number of nitrogens with zero attached hydrogens (tertiary/aromatic N) is 1. The van der Waals surface area contributed by atoms with Gasteiger partial charge >= 0.3 is 6.36 Å². The Morgan fingerprint density at radius 2 is 1.89 bits per heavy atom. The minimum absolute atomic E-state index is 0.00859. The van der Waals surface area contributed by atoms with Crippen molar-refractivity contribution >= 4 is 17.5 Å². The summed E-state index contributed by atoms with van der Waals surface area (Å²) in [5.74, 6) is -1.49. The fourth-order valence-corrected chi connectivity index (χ4v) is 4.58. The third kappa shape index (κ3) is 6.17. The molecule has 35 heavy (non-hydrogen) atoms. The summed E-state index contributed by atoms with van der Waals surface area (Å²) in [4.78, 5) is 14.7. The van der Waals surface area contributed by atoms with Crippen LogP contribution in [0.15, 0.2) is 30.3 Å². The molecule has 190 valence electrons. The summed E-state index contributed by atoms with van der Waals surface area (Å²) in [7, 11) is 1.46. The van der Waals surface area contributed by atoms with Gasteiger partial charge in [0.2, 0.25) is 0 Å². The van der Waals surface area contributed by atoms with Crippen LogP contribution in [0.5, 0.6) is 11.5 Å². The molecule has 0 bridgehead atoms. The van der Waals surface area contributed by atoms with Crippen molar-refractivity contribution in [3.05, 3.63) is 57.9 Å². The molecule has 0 radical (unpaired) electrons. The van der Waals surface area contributed by atoms with Crippen LogP contribution in [-0.4, -0.2) is 43.1 Å². The van der Waals surface area contributed by atoms with Crippen molar-refractivity contribution in [1.82, 2.24) is 4.90 Å². The Balaban J connectivity index is 1.55. The molecule has 6 nitrogen and oxygen atoms in total. The molecule has 2 aliphatic rings. The number of halogens is 5. The Hall–Kier alpha value is -2.56. The standard InChI is InChI=1S/C24H25ClF4N2O4/c1-33-22(30)21-3-2-6-31(21)23(32)19-11-18(13-4-5-13)14(7-20(19)26)12-34-16-8-15(25)9-17(10-16)35-24(27,28)29/h7-11,13,21-22H,2-6,12,30H2,1H3/t21-,22+/m0/s1. The first-order chi connectivity index (χ1) is 16.6. The lowest BCUT2D eigenvalue weighted by atomic mass is 9.99. The number of hydrogen-bond donors (Lipinski definition) is 1. The quantitative estimate of drug-likeness (QED) is 0.377. The summed E-state index contributed by atoms with van der Waals surface area (Å²) in [5.41, 5.74) is 7.21. The van der Waals surface area contributed by atoms with Crippen LogP contribution in [0.1, 0.15) is 53.1 Å². The maximum Gasteiger partial charge on any atom is 0.573 e. The molecule has 2 aromatic rings. The van der Waals surface area contributed by atoms with Crippen LogP contribution in [0.25, 0.3) is 0 Å². The molecular formula is C24H25ClF4N2O4. The van der Waals surface area contributed by atoms with E-state index in [1.807, 2.05) is 0 Å². The fraction of sp³-hybridized carbons (Fsp3) is 0.458. The number of nitrogens with two attached hydrogens (primary N) is 1. The van der Waals surface area contributed by atoms with E-state index in [0.717, 1.165) is 37.0 Å². The molecule has 0 aromatic heterocycles. The zero-order valence-corrected chi connectivity index (χ0v) is 19.7. The molecule has 2 atom stereocenters. The van der Waals surface area contributed by atoms with E-state index in [0.29, 0.717) is 18.5 Å². The van der Waals surface area contributed by atoms with Crippen LogP contribution < -0.4 is 15.2 Å². The van der Waals surface area contributed by atoms with Crippen molar-refractivity contribution < 1.29 is 36.6 Å². The maximum absolute atomic E-state index is 15.1. The van der Waals surface area contributed by atoms with Gasteiger partial charge in [0.1, 0.15) is 30.2 Å². The van der Waals surface area contributed by atoms with Gasteiger partial charge in [-0.2, -0.15) is 0 Å². The zero-order valence-electron chi connectivity index (χ0n) is 18.9. The van der Waals surface area contributed by atoms with Crippen LogP contribution in [0.4, 0.5) is 17.6 Å². The second kappa shape index (κ2) is 10.2. The first kappa shape index (κ1) is 25.5. The van der Waals surface area contributed by atoms with Crippen molar-refractivity contribution in [1.29, 1.82) is 0 Å². The number of carbonyl (C=O) groups excluding carboxylic acids is 1. The Bertz CT molecular complexity index is 1090. The van der Waals surface area contributed by atoms with E-state index in [4.69, 9.17) is 26.8 Å². The minimum Gasteiger partial charge on any atom is -0.489 e. The van der Waals surface area contributed by atoms with E-state index < -0.39 is 30.1 Å². The van der Waals surface area contributed by atoms with Gasteiger partial charge in [0.05, 0.1) is 11.6 Å². The molecule has 2 aromatic carbocycles. The predicted molar refractivity (Wildman–Crippen MR) is 120 cm³/mol. The summed E-state index contributed by atoms with van der Waals surface area (Å²) in [5, 5.41) is -0.00859. The smallest absolute Gasteiger partial charge is 0.489 e. The van der Waals surface area contributed by atoms with Gasteiger partial charge in [-0.3, -0.25) is 4.79 Å². The van der Waals surface area contributed by atoms with Crippen molar-refractivity contribution in [3.8, 4) is 11.5 Å². The lowest BCUT2D eigenvalue weighted by Crippen LogP contribution is -2.47. The van der Waals surface area contributed by atoms with E-state index >= 15 is 4.39 Å². The number of likely N-dealkylation sites (tertiary alicyclic amines) is 1. The summed E-state index contributed by atoms with van der Waals surface area (Å²) >= 11 is 5.89. The molecule has 1 saturated heterocycles. The highest BCUT2D eigenvalue weighted by Crippen LogP contribution is 2.43. The van der Waals surface area contributed by atoms with Crippen LogP contribution in [0, 0.1) is 5.82 Å². The summed E-state index contributed by atoms with van der Waals surface area (Å²) in [6.45, 7) is 0.338. The normalized spacial score (nSPS) is 19.1. The van der Waals surface area contributed by atoms with Crippen molar-refractivity contribution in [3.63, 3.8) is 0 Å². The molecule has 1 saturated carbocycles. The van der Waals surface area contributed by atoms with Gasteiger partial charge in [-0.1, -0.05) is 11.6 Å². The maximum atomic E-state index is 15.1. The van der Waals surface area contributed by atoms with Crippen molar-refractivity contribution in [2.45, 2.75) is 56.8 Å². The van der Waals surface area contributed by atoms with Crippen molar-refractivity contribution in [2.75, 3.05) is 13.7 Å². The number of alkyl halides is 3. The van der Waals surface area contributed by atoms with Gasteiger partial charge in [-0.15, -0.1) is 13.2 Å². The van der Waals surface area contributed by atoms with E-state index in [9.17, 15) is 18.0 Å². The third-order valence-electron chi connectivity index (χ3n) is 6.16. The molecule has 1 heterocycles. The zero-order chi connectivity index (χ0) is 25.3. The number of rotatable bonds is 8. The van der Waals surface area contributed by atoms with Gasteiger partial charge in [0, 0.05) is 24.7 Å². The summed E-state index contributed by atoms with van der Waals surface area (Å²) < 4.78 is 67.5. The highest BCUT2D eigenvalue weighted by molar-refractivity contribution is 6.30. The Morgan fingerprint density at radius 3 is 2.54 bits per heavy atom. The molecule has 0 unspecified atom stereocenters. The van der Waals surface area contributed by atoms with E-state index in [-0.39, 0.29) is 34.9 Å². The SMILES string of the molecule is CO[C@@H](N)[C@@H]1CCCN1C(=O)c1cc(C2CC2)c(COc2cc(Cl)cc(OC(F)(F)F)c2)cc1F. The first-order valence-corrected chi connectivity index (χ1v) is 11.5. The third-order valence-corrected chi connectivity index (χ3v) is 6.38. The second-order valence-electron chi connectivity index (χ2n) is 8.67.